The van der Waals surface area contributed by atoms with Crippen LogP contribution in [0.25, 0.3) is 10.9 Å². The number of aryl methyl sites for hydroxylation is 1. The van der Waals surface area contributed by atoms with Gasteiger partial charge >= 0.3 is 29.6 Å². The molecular weight excluding hydrogens is 237 g/mol. The number of aromatic amines is 1. The van der Waals surface area contributed by atoms with Gasteiger partial charge in [-0.1, -0.05) is 0 Å². The van der Waals surface area contributed by atoms with Gasteiger partial charge < -0.3 is 9.54 Å². The van der Waals surface area contributed by atoms with Gasteiger partial charge in [-0.2, -0.15) is 0 Å². The topological polar surface area (TPSA) is 73.0 Å². The molecule has 0 aliphatic carbocycles. The molecule has 0 spiro atoms. The van der Waals surface area contributed by atoms with Crippen LogP contribution in [0.1, 0.15) is 5.56 Å². The van der Waals surface area contributed by atoms with E-state index in [9.17, 15) is 13.6 Å². The summed E-state index contributed by atoms with van der Waals surface area (Å²) in [6, 6.07) is 6.24. The molecular formula is C10H8NNaO3S. The Bertz CT molecular complexity index is 609. The number of rotatable bonds is 1. The molecule has 0 aliphatic rings. The molecule has 0 bridgehead atoms. The van der Waals surface area contributed by atoms with E-state index in [1.807, 2.05) is 0 Å². The monoisotopic (exact) mass is 245 g/mol. The summed E-state index contributed by atoms with van der Waals surface area (Å²) in [6.45, 7) is 1.68. The zero-order valence-corrected chi connectivity index (χ0v) is 11.8. The summed E-state index contributed by atoms with van der Waals surface area (Å²) in [6.07, 6.45) is 0. The first-order valence-corrected chi connectivity index (χ1v) is 5.38. The summed E-state index contributed by atoms with van der Waals surface area (Å²) >= 11 is -2.24. The van der Waals surface area contributed by atoms with Crippen LogP contribution in [0, 0.1) is 6.92 Å². The molecule has 1 heterocycles. The van der Waals surface area contributed by atoms with Crippen molar-refractivity contribution < 1.29 is 38.3 Å². The number of pyridine rings is 1. The van der Waals surface area contributed by atoms with E-state index in [0.29, 0.717) is 16.5 Å². The van der Waals surface area contributed by atoms with Gasteiger partial charge in [-0.3, -0.25) is 9.00 Å². The predicted octanol–water partition coefficient (Wildman–Crippen LogP) is -1.92. The molecule has 1 aromatic heterocycles. The van der Waals surface area contributed by atoms with Crippen LogP contribution in [0.3, 0.4) is 0 Å². The van der Waals surface area contributed by atoms with Crippen molar-refractivity contribution in [1.29, 1.82) is 0 Å². The first-order chi connectivity index (χ1) is 7.08. The van der Waals surface area contributed by atoms with Crippen molar-refractivity contribution in [1.82, 2.24) is 4.98 Å². The van der Waals surface area contributed by atoms with Crippen molar-refractivity contribution in [2.75, 3.05) is 0 Å². The fourth-order valence-corrected chi connectivity index (χ4v) is 1.80. The Hall–Kier alpha value is -0.460. The fourth-order valence-electron chi connectivity index (χ4n) is 1.40. The molecule has 1 atom stereocenters. The van der Waals surface area contributed by atoms with Crippen LogP contribution in [0.5, 0.6) is 0 Å². The van der Waals surface area contributed by atoms with Crippen LogP contribution < -0.4 is 35.1 Å². The number of aromatic nitrogens is 1. The molecule has 1 unspecified atom stereocenters. The van der Waals surface area contributed by atoms with Crippen molar-refractivity contribution in [2.24, 2.45) is 0 Å². The van der Waals surface area contributed by atoms with Crippen molar-refractivity contribution in [3.05, 3.63) is 40.2 Å². The zero-order valence-electron chi connectivity index (χ0n) is 8.94. The van der Waals surface area contributed by atoms with Crippen LogP contribution in [0.2, 0.25) is 0 Å². The molecule has 16 heavy (non-hydrogen) atoms. The van der Waals surface area contributed by atoms with E-state index in [1.54, 1.807) is 19.1 Å². The Labute approximate surface area is 117 Å². The maximum Gasteiger partial charge on any atom is 1.00 e. The molecule has 0 saturated heterocycles. The number of hydrogen-bond donors (Lipinski definition) is 1. The molecule has 4 nitrogen and oxygen atoms in total. The Balaban J connectivity index is 0.00000128. The van der Waals surface area contributed by atoms with Crippen LogP contribution in [-0.2, 0) is 11.1 Å². The Morgan fingerprint density at radius 3 is 2.62 bits per heavy atom. The van der Waals surface area contributed by atoms with Gasteiger partial charge in [0, 0.05) is 16.0 Å². The van der Waals surface area contributed by atoms with Gasteiger partial charge in [0.2, 0.25) is 0 Å². The first kappa shape index (κ1) is 13.6. The SMILES string of the molecule is Cc1cc2cc(S(=O)[O-])ccc2[nH]c1=O.[Na+]. The minimum atomic E-state index is -2.24. The van der Waals surface area contributed by atoms with Gasteiger partial charge in [0.15, 0.2) is 0 Å². The van der Waals surface area contributed by atoms with E-state index in [4.69, 9.17) is 0 Å². The summed E-state index contributed by atoms with van der Waals surface area (Å²) in [7, 11) is 0. The summed E-state index contributed by atoms with van der Waals surface area (Å²) in [5, 5.41) is 0.716. The van der Waals surface area contributed by atoms with E-state index in [-0.39, 0.29) is 40.0 Å². The molecule has 0 amide bonds. The largest absolute Gasteiger partial charge is 1.00 e. The van der Waals surface area contributed by atoms with Gasteiger partial charge in [-0.15, -0.1) is 0 Å². The molecule has 0 radical (unpaired) electrons. The number of fused-ring (bicyclic) bond motifs is 1. The Kier molecular flexibility index (Phi) is 4.46. The normalized spacial score (nSPS) is 12.1. The van der Waals surface area contributed by atoms with Crippen LogP contribution in [0.4, 0.5) is 0 Å². The van der Waals surface area contributed by atoms with Crippen LogP contribution in [-0.4, -0.2) is 13.7 Å². The second kappa shape index (κ2) is 5.25. The molecule has 0 saturated carbocycles. The van der Waals surface area contributed by atoms with Crippen molar-refractivity contribution in [3.63, 3.8) is 0 Å². The van der Waals surface area contributed by atoms with Gasteiger partial charge in [-0.05, 0) is 47.7 Å². The van der Waals surface area contributed by atoms with Gasteiger partial charge in [0.1, 0.15) is 0 Å². The van der Waals surface area contributed by atoms with Crippen LogP contribution in [0.15, 0.2) is 34.0 Å². The third-order valence-electron chi connectivity index (χ3n) is 2.19. The van der Waals surface area contributed by atoms with Crippen molar-refractivity contribution >= 4 is 22.0 Å². The van der Waals surface area contributed by atoms with E-state index in [1.165, 1.54) is 12.1 Å². The quantitative estimate of drug-likeness (QED) is 0.470. The minimum absolute atomic E-state index is 0. The minimum Gasteiger partial charge on any atom is -0.768 e. The van der Waals surface area contributed by atoms with Crippen molar-refractivity contribution in [3.8, 4) is 0 Å². The Morgan fingerprint density at radius 1 is 1.31 bits per heavy atom. The van der Waals surface area contributed by atoms with E-state index < -0.39 is 11.1 Å². The van der Waals surface area contributed by atoms with Crippen LogP contribution >= 0.6 is 0 Å². The first-order valence-electron chi connectivity index (χ1n) is 4.31. The van der Waals surface area contributed by atoms with Gasteiger partial charge in [-0.25, -0.2) is 0 Å². The third-order valence-corrected chi connectivity index (χ3v) is 2.83. The molecule has 6 heteroatoms. The summed E-state index contributed by atoms with van der Waals surface area (Å²) in [5.74, 6) is 0. The number of hydrogen-bond acceptors (Lipinski definition) is 3. The number of H-pyrrole nitrogens is 1. The number of benzene rings is 1. The third kappa shape index (κ3) is 2.61. The molecule has 78 valence electrons. The molecule has 1 N–H and O–H groups in total. The molecule has 2 rings (SSSR count). The van der Waals surface area contributed by atoms with E-state index >= 15 is 0 Å². The second-order valence-corrected chi connectivity index (χ2v) is 4.21. The van der Waals surface area contributed by atoms with Crippen molar-refractivity contribution in [2.45, 2.75) is 11.8 Å². The maximum absolute atomic E-state index is 11.3. The molecule has 2 aromatic rings. The average Bonchev–Trinajstić information content (AvgIpc) is 2.19. The van der Waals surface area contributed by atoms with Gasteiger partial charge in [0.05, 0.1) is 0 Å². The predicted molar refractivity (Wildman–Crippen MR) is 56.5 cm³/mol. The summed E-state index contributed by atoms with van der Waals surface area (Å²) in [5.41, 5.74) is 1.05. The number of nitrogens with one attached hydrogen (secondary N) is 1. The summed E-state index contributed by atoms with van der Waals surface area (Å²) in [4.78, 5) is 14.2. The smallest absolute Gasteiger partial charge is 0.768 e. The Morgan fingerprint density at radius 2 is 2.00 bits per heavy atom. The standard InChI is InChI=1S/C10H9NO3S.Na/c1-6-4-7-5-8(15(13)14)2-3-9(7)11-10(6)12;/h2-5H,1H3,(H,11,12)(H,13,14);/q;+1/p-1. The zero-order chi connectivity index (χ0) is 11.0. The average molecular weight is 245 g/mol. The molecule has 0 aliphatic heterocycles. The summed E-state index contributed by atoms with van der Waals surface area (Å²) < 4.78 is 21.4. The maximum atomic E-state index is 11.3. The second-order valence-electron chi connectivity index (χ2n) is 3.27. The van der Waals surface area contributed by atoms with E-state index in [0.717, 1.165) is 0 Å². The molecule has 1 aromatic carbocycles. The van der Waals surface area contributed by atoms with E-state index in [2.05, 4.69) is 4.98 Å². The van der Waals surface area contributed by atoms with Gasteiger partial charge in [0.25, 0.3) is 5.56 Å². The molecule has 0 fully saturated rings. The fraction of sp³-hybridized carbons (Fsp3) is 0.100.